The van der Waals surface area contributed by atoms with Crippen molar-refractivity contribution in [2.45, 2.75) is 25.8 Å². The fourth-order valence-corrected chi connectivity index (χ4v) is 2.85. The van der Waals surface area contributed by atoms with Gasteiger partial charge in [-0.3, -0.25) is 10.1 Å². The Kier molecular flexibility index (Phi) is 3.14. The minimum absolute atomic E-state index is 0.172. The molecular formula is C16H16N2O2. The maximum absolute atomic E-state index is 10.8. The van der Waals surface area contributed by atoms with Gasteiger partial charge in [0.25, 0.3) is 5.69 Å². The van der Waals surface area contributed by atoms with Crippen LogP contribution in [0.25, 0.3) is 0 Å². The maximum Gasteiger partial charge on any atom is 0.272 e. The molecule has 0 heterocycles. The lowest BCUT2D eigenvalue weighted by Gasteiger charge is -2.14. The van der Waals surface area contributed by atoms with Gasteiger partial charge >= 0.3 is 0 Å². The van der Waals surface area contributed by atoms with Gasteiger partial charge in [-0.2, -0.15) is 0 Å². The highest BCUT2D eigenvalue weighted by molar-refractivity contribution is 5.54. The Morgan fingerprint density at radius 2 is 1.80 bits per heavy atom. The lowest BCUT2D eigenvalue weighted by atomic mass is 10.1. The smallest absolute Gasteiger partial charge is 0.272 e. The number of hydrogen-bond donors (Lipinski definition) is 1. The van der Waals surface area contributed by atoms with Crippen molar-refractivity contribution in [3.05, 3.63) is 69.3 Å². The molecule has 1 N–H and O–H groups in total. The van der Waals surface area contributed by atoms with Gasteiger partial charge in [-0.25, -0.2) is 0 Å². The molecule has 4 nitrogen and oxygen atoms in total. The molecule has 102 valence electrons. The molecule has 0 bridgehead atoms. The van der Waals surface area contributed by atoms with E-state index in [9.17, 15) is 10.1 Å². The molecule has 20 heavy (non-hydrogen) atoms. The molecule has 0 saturated carbocycles. The van der Waals surface area contributed by atoms with E-state index in [0.717, 1.165) is 18.5 Å². The van der Waals surface area contributed by atoms with Gasteiger partial charge in [-0.15, -0.1) is 0 Å². The van der Waals surface area contributed by atoms with Crippen LogP contribution in [0, 0.1) is 17.0 Å². The standard InChI is InChI=1S/C16H16N2O2/c1-11-8-14(6-7-16(11)18(19)20)17-15-9-12-4-2-3-5-13(12)10-15/h2-8,15,17H,9-10H2,1H3. The van der Waals surface area contributed by atoms with Gasteiger partial charge in [-0.1, -0.05) is 24.3 Å². The number of aryl methyl sites for hydroxylation is 1. The van der Waals surface area contributed by atoms with E-state index >= 15 is 0 Å². The Hall–Kier alpha value is -2.36. The van der Waals surface area contributed by atoms with Gasteiger partial charge in [0.2, 0.25) is 0 Å². The van der Waals surface area contributed by atoms with Crippen LogP contribution >= 0.6 is 0 Å². The minimum atomic E-state index is -0.343. The van der Waals surface area contributed by atoms with Crippen molar-refractivity contribution in [2.24, 2.45) is 0 Å². The summed E-state index contributed by atoms with van der Waals surface area (Å²) in [6.45, 7) is 1.77. The Morgan fingerprint density at radius 3 is 2.35 bits per heavy atom. The van der Waals surface area contributed by atoms with Crippen LogP contribution in [-0.2, 0) is 12.8 Å². The number of nitro benzene ring substituents is 1. The third-order valence-corrected chi connectivity index (χ3v) is 3.82. The summed E-state index contributed by atoms with van der Waals surface area (Å²) in [5.74, 6) is 0. The molecule has 0 atom stereocenters. The largest absolute Gasteiger partial charge is 0.382 e. The molecule has 0 unspecified atom stereocenters. The van der Waals surface area contributed by atoms with Crippen molar-refractivity contribution >= 4 is 11.4 Å². The van der Waals surface area contributed by atoms with Gasteiger partial charge in [0.1, 0.15) is 0 Å². The molecule has 2 aromatic carbocycles. The second kappa shape index (κ2) is 4.96. The quantitative estimate of drug-likeness (QED) is 0.685. The summed E-state index contributed by atoms with van der Waals surface area (Å²) in [5.41, 5.74) is 4.60. The summed E-state index contributed by atoms with van der Waals surface area (Å²) in [7, 11) is 0. The molecule has 0 aliphatic heterocycles. The first kappa shape index (κ1) is 12.7. The van der Waals surface area contributed by atoms with Crippen LogP contribution in [0.4, 0.5) is 11.4 Å². The lowest BCUT2D eigenvalue weighted by molar-refractivity contribution is -0.385. The van der Waals surface area contributed by atoms with E-state index in [0.29, 0.717) is 11.6 Å². The van der Waals surface area contributed by atoms with E-state index in [1.54, 1.807) is 19.1 Å². The Balaban J connectivity index is 1.74. The van der Waals surface area contributed by atoms with Crippen LogP contribution in [0.1, 0.15) is 16.7 Å². The highest BCUT2D eigenvalue weighted by Gasteiger charge is 2.21. The first-order chi connectivity index (χ1) is 9.63. The maximum atomic E-state index is 10.8. The highest BCUT2D eigenvalue weighted by atomic mass is 16.6. The van der Waals surface area contributed by atoms with E-state index < -0.39 is 0 Å². The zero-order chi connectivity index (χ0) is 14.1. The van der Waals surface area contributed by atoms with E-state index in [2.05, 4.69) is 29.6 Å². The summed E-state index contributed by atoms with van der Waals surface area (Å²) in [4.78, 5) is 10.5. The number of nitrogens with one attached hydrogen (secondary N) is 1. The van der Waals surface area contributed by atoms with Crippen LogP contribution in [0.15, 0.2) is 42.5 Å². The molecule has 4 heteroatoms. The van der Waals surface area contributed by atoms with Crippen molar-refractivity contribution in [2.75, 3.05) is 5.32 Å². The van der Waals surface area contributed by atoms with Gasteiger partial charge < -0.3 is 5.32 Å². The zero-order valence-corrected chi connectivity index (χ0v) is 11.3. The number of nitro groups is 1. The third-order valence-electron chi connectivity index (χ3n) is 3.82. The molecule has 1 aliphatic rings. The SMILES string of the molecule is Cc1cc(NC2Cc3ccccc3C2)ccc1[N+](=O)[O-]. The van der Waals surface area contributed by atoms with Gasteiger partial charge in [0, 0.05) is 23.4 Å². The molecule has 0 spiro atoms. The number of anilines is 1. The second-order valence-electron chi connectivity index (χ2n) is 5.28. The first-order valence-corrected chi connectivity index (χ1v) is 6.72. The molecule has 0 fully saturated rings. The fourth-order valence-electron chi connectivity index (χ4n) is 2.85. The van der Waals surface area contributed by atoms with Gasteiger partial charge in [-0.05, 0) is 43.0 Å². The van der Waals surface area contributed by atoms with Crippen LogP contribution in [-0.4, -0.2) is 11.0 Å². The number of benzene rings is 2. The average Bonchev–Trinajstić information content (AvgIpc) is 2.80. The van der Waals surface area contributed by atoms with E-state index in [4.69, 9.17) is 0 Å². The van der Waals surface area contributed by atoms with Crippen LogP contribution in [0.2, 0.25) is 0 Å². The molecule has 0 saturated heterocycles. The number of nitrogens with zero attached hydrogens (tertiary/aromatic N) is 1. The summed E-state index contributed by atoms with van der Waals surface area (Å²) in [6, 6.07) is 14.0. The number of rotatable bonds is 3. The predicted octanol–water partition coefficient (Wildman–Crippen LogP) is 3.48. The van der Waals surface area contributed by atoms with Crippen LogP contribution in [0.5, 0.6) is 0 Å². The van der Waals surface area contributed by atoms with Crippen molar-refractivity contribution in [3.63, 3.8) is 0 Å². The monoisotopic (exact) mass is 268 g/mol. The van der Waals surface area contributed by atoms with Crippen LogP contribution in [0.3, 0.4) is 0 Å². The lowest BCUT2D eigenvalue weighted by Crippen LogP contribution is -2.19. The third kappa shape index (κ3) is 2.37. The van der Waals surface area contributed by atoms with Gasteiger partial charge in [0.05, 0.1) is 4.92 Å². The number of fused-ring (bicyclic) bond motifs is 1. The highest BCUT2D eigenvalue weighted by Crippen LogP contribution is 2.26. The molecule has 0 amide bonds. The summed E-state index contributed by atoms with van der Waals surface area (Å²) < 4.78 is 0. The molecule has 3 rings (SSSR count). The molecule has 2 aromatic rings. The average molecular weight is 268 g/mol. The van der Waals surface area contributed by atoms with Crippen molar-refractivity contribution in [3.8, 4) is 0 Å². The summed E-state index contributed by atoms with van der Waals surface area (Å²) in [5, 5.41) is 14.3. The second-order valence-corrected chi connectivity index (χ2v) is 5.28. The van der Waals surface area contributed by atoms with Crippen molar-refractivity contribution in [1.82, 2.24) is 0 Å². The Labute approximate surface area is 117 Å². The van der Waals surface area contributed by atoms with Crippen molar-refractivity contribution < 1.29 is 4.92 Å². The van der Waals surface area contributed by atoms with E-state index in [-0.39, 0.29) is 10.6 Å². The fraction of sp³-hybridized carbons (Fsp3) is 0.250. The molecular weight excluding hydrogens is 252 g/mol. The number of hydrogen-bond acceptors (Lipinski definition) is 3. The normalized spacial score (nSPS) is 14.1. The summed E-state index contributed by atoms with van der Waals surface area (Å²) >= 11 is 0. The van der Waals surface area contributed by atoms with E-state index in [1.807, 2.05) is 6.07 Å². The predicted molar refractivity (Wildman–Crippen MR) is 79.1 cm³/mol. The minimum Gasteiger partial charge on any atom is -0.382 e. The zero-order valence-electron chi connectivity index (χ0n) is 11.3. The summed E-state index contributed by atoms with van der Waals surface area (Å²) in [6.07, 6.45) is 2.01. The molecule has 1 aliphatic carbocycles. The molecule has 0 aromatic heterocycles. The van der Waals surface area contributed by atoms with Crippen molar-refractivity contribution in [1.29, 1.82) is 0 Å². The molecule has 0 radical (unpaired) electrons. The topological polar surface area (TPSA) is 55.2 Å². The van der Waals surface area contributed by atoms with Gasteiger partial charge in [0.15, 0.2) is 0 Å². The Morgan fingerprint density at radius 1 is 1.15 bits per heavy atom. The van der Waals surface area contributed by atoms with E-state index in [1.165, 1.54) is 11.1 Å². The van der Waals surface area contributed by atoms with Crippen LogP contribution < -0.4 is 5.32 Å². The first-order valence-electron chi connectivity index (χ1n) is 6.72. The Bertz CT molecular complexity index is 642.